The first-order valence-electron chi connectivity index (χ1n) is 7.28. The second kappa shape index (κ2) is 11.7. The Kier molecular flexibility index (Phi) is 11.3. The van der Waals surface area contributed by atoms with Gasteiger partial charge in [0.1, 0.15) is 11.5 Å². The molecule has 0 unspecified atom stereocenters. The van der Waals surface area contributed by atoms with Crippen LogP contribution in [0.25, 0.3) is 0 Å². The summed E-state index contributed by atoms with van der Waals surface area (Å²) in [4.78, 5) is 8.23. The quantitative estimate of drug-likeness (QED) is 0.383. The van der Waals surface area contributed by atoms with Crippen molar-refractivity contribution < 1.29 is 20.4 Å². The van der Waals surface area contributed by atoms with Crippen LogP contribution in [0.5, 0.6) is 11.5 Å². The Morgan fingerprint density at radius 2 is 1.12 bits per heavy atom. The van der Waals surface area contributed by atoms with Crippen molar-refractivity contribution in [2.24, 2.45) is 0 Å². The van der Waals surface area contributed by atoms with Gasteiger partial charge in [0.2, 0.25) is 0 Å². The molecule has 146 valence electrons. The van der Waals surface area contributed by atoms with Crippen LogP contribution in [-0.2, 0) is 24.7 Å². The van der Waals surface area contributed by atoms with E-state index in [1.165, 1.54) is 21.6 Å². The highest BCUT2D eigenvalue weighted by Crippen LogP contribution is 2.35. The molecular formula is C16H22Cl2N2O4S2. The normalized spacial score (nSPS) is 10.2. The summed E-state index contributed by atoms with van der Waals surface area (Å²) in [7, 11) is 3.08. The first-order valence-corrected chi connectivity index (χ1v) is 9.77. The maximum absolute atomic E-state index is 9.94. The number of aliphatic hydroxyl groups is 2. The maximum atomic E-state index is 9.94. The molecule has 2 heterocycles. The molecule has 0 aromatic carbocycles. The molecule has 4 N–H and O–H groups in total. The fourth-order valence-electron chi connectivity index (χ4n) is 2.18. The summed E-state index contributed by atoms with van der Waals surface area (Å²) in [6.45, 7) is 2.90. The lowest BCUT2D eigenvalue weighted by atomic mass is 10.1. The van der Waals surface area contributed by atoms with E-state index in [1.54, 1.807) is 26.2 Å². The molecule has 0 saturated heterocycles. The van der Waals surface area contributed by atoms with Crippen molar-refractivity contribution in [3.8, 4) is 11.5 Å². The highest BCUT2D eigenvalue weighted by atomic mass is 35.5. The van der Waals surface area contributed by atoms with Crippen LogP contribution < -0.4 is 0 Å². The van der Waals surface area contributed by atoms with E-state index in [0.717, 1.165) is 11.1 Å². The molecule has 0 bridgehead atoms. The predicted molar refractivity (Wildman–Crippen MR) is 110 cm³/mol. The molecule has 0 aliphatic carbocycles. The number of aliphatic hydroxyl groups excluding tert-OH is 2. The Hall–Kier alpha value is -0.900. The summed E-state index contributed by atoms with van der Waals surface area (Å²) in [5.74, 6) is 1.22. The molecule has 0 amide bonds. The van der Waals surface area contributed by atoms with Gasteiger partial charge in [-0.1, -0.05) is 21.6 Å². The molecular weight excluding hydrogens is 419 g/mol. The molecule has 2 rings (SSSR count). The highest BCUT2D eigenvalue weighted by Gasteiger charge is 2.13. The van der Waals surface area contributed by atoms with Crippen LogP contribution in [0.15, 0.2) is 12.4 Å². The Bertz CT molecular complexity index is 674. The fraction of sp³-hybridized carbons (Fsp3) is 0.375. The second-order valence-electron chi connectivity index (χ2n) is 5.23. The zero-order valence-corrected chi connectivity index (χ0v) is 17.6. The molecule has 2 aromatic rings. The number of halogens is 2. The molecule has 2 aromatic heterocycles. The van der Waals surface area contributed by atoms with E-state index in [2.05, 4.69) is 9.97 Å². The molecule has 0 radical (unpaired) electrons. The largest absolute Gasteiger partial charge is 0.506 e. The molecule has 6 nitrogen and oxygen atoms in total. The van der Waals surface area contributed by atoms with Crippen LogP contribution >= 0.6 is 46.4 Å². The monoisotopic (exact) mass is 440 g/mol. The Balaban J connectivity index is 0.00000312. The van der Waals surface area contributed by atoms with Gasteiger partial charge in [0.25, 0.3) is 0 Å². The number of nitrogens with zero attached hydrogens (tertiary/aromatic N) is 2. The van der Waals surface area contributed by atoms with E-state index in [-0.39, 0.29) is 49.5 Å². The summed E-state index contributed by atoms with van der Waals surface area (Å²) in [6.07, 6.45) is 3.32. The minimum absolute atomic E-state index is 0. The number of rotatable bonds is 7. The van der Waals surface area contributed by atoms with Gasteiger partial charge >= 0.3 is 0 Å². The van der Waals surface area contributed by atoms with Crippen LogP contribution in [0.2, 0.25) is 0 Å². The van der Waals surface area contributed by atoms with Crippen molar-refractivity contribution in [2.75, 3.05) is 0 Å². The zero-order chi connectivity index (χ0) is 17.7. The third-order valence-electron chi connectivity index (χ3n) is 3.69. The minimum Gasteiger partial charge on any atom is -0.506 e. The number of aryl methyl sites for hydroxylation is 2. The SMILES string of the molecule is Cc1ncc(CSSCc2cnc(C)c(O)c2CO)c(CO)c1O.Cl.Cl. The smallest absolute Gasteiger partial charge is 0.142 e. The van der Waals surface area contributed by atoms with Crippen molar-refractivity contribution in [3.63, 3.8) is 0 Å². The lowest BCUT2D eigenvalue weighted by molar-refractivity contribution is 0.273. The fourth-order valence-corrected chi connectivity index (χ4v) is 4.36. The molecule has 0 fully saturated rings. The van der Waals surface area contributed by atoms with E-state index in [0.29, 0.717) is 34.0 Å². The summed E-state index contributed by atoms with van der Waals surface area (Å²) in [5.41, 5.74) is 3.56. The van der Waals surface area contributed by atoms with Crippen LogP contribution in [0, 0.1) is 13.8 Å². The van der Waals surface area contributed by atoms with Gasteiger partial charge in [-0.15, -0.1) is 24.8 Å². The van der Waals surface area contributed by atoms with Gasteiger partial charge in [-0.05, 0) is 25.0 Å². The van der Waals surface area contributed by atoms with Crippen LogP contribution in [0.1, 0.15) is 33.6 Å². The summed E-state index contributed by atoms with van der Waals surface area (Å²) < 4.78 is 0. The minimum atomic E-state index is -0.236. The van der Waals surface area contributed by atoms with Gasteiger partial charge in [0.15, 0.2) is 0 Å². The lowest BCUT2D eigenvalue weighted by Crippen LogP contribution is -1.98. The second-order valence-corrected chi connectivity index (χ2v) is 7.70. The third kappa shape index (κ3) is 5.80. The van der Waals surface area contributed by atoms with E-state index in [4.69, 9.17) is 0 Å². The average molecular weight is 441 g/mol. The Morgan fingerprint density at radius 1 is 0.769 bits per heavy atom. The van der Waals surface area contributed by atoms with E-state index < -0.39 is 0 Å². The highest BCUT2D eigenvalue weighted by molar-refractivity contribution is 8.76. The number of hydrogen-bond donors (Lipinski definition) is 4. The van der Waals surface area contributed by atoms with Gasteiger partial charge in [0, 0.05) is 35.0 Å². The topological polar surface area (TPSA) is 107 Å². The molecule has 0 saturated carbocycles. The van der Waals surface area contributed by atoms with E-state index in [9.17, 15) is 20.4 Å². The lowest BCUT2D eigenvalue weighted by Gasteiger charge is -2.12. The summed E-state index contributed by atoms with van der Waals surface area (Å²) in [6, 6.07) is 0. The summed E-state index contributed by atoms with van der Waals surface area (Å²) in [5, 5.41) is 38.7. The molecule has 10 heteroatoms. The molecule has 26 heavy (non-hydrogen) atoms. The first-order chi connectivity index (χ1) is 11.5. The zero-order valence-electron chi connectivity index (χ0n) is 14.3. The third-order valence-corrected chi connectivity index (χ3v) is 5.92. The molecule has 0 spiro atoms. The van der Waals surface area contributed by atoms with Crippen molar-refractivity contribution in [3.05, 3.63) is 46.0 Å². The van der Waals surface area contributed by atoms with Gasteiger partial charge in [-0.25, -0.2) is 0 Å². The molecule has 0 atom stereocenters. The number of pyridine rings is 2. The van der Waals surface area contributed by atoms with Gasteiger partial charge in [-0.3, -0.25) is 9.97 Å². The maximum Gasteiger partial charge on any atom is 0.142 e. The van der Waals surface area contributed by atoms with E-state index in [1.807, 2.05) is 0 Å². The van der Waals surface area contributed by atoms with Crippen molar-refractivity contribution in [2.45, 2.75) is 38.6 Å². The summed E-state index contributed by atoms with van der Waals surface area (Å²) >= 11 is 0. The predicted octanol–water partition coefficient (Wildman–Crippen LogP) is 3.41. The van der Waals surface area contributed by atoms with Gasteiger partial charge in [-0.2, -0.15) is 0 Å². The van der Waals surface area contributed by atoms with Gasteiger partial charge < -0.3 is 20.4 Å². The Labute approximate surface area is 172 Å². The standard InChI is InChI=1S/C16H20N2O4S2.2ClH/c1-9-15(21)13(5-19)11(3-17-9)7-23-24-8-12-4-18-10(2)16(22)14(12)6-20;;/h3-4,19-22H,5-8H2,1-2H3;2*1H. The number of hydrogen-bond acceptors (Lipinski definition) is 8. The first kappa shape index (κ1) is 25.1. The molecule has 0 aliphatic heterocycles. The Morgan fingerprint density at radius 3 is 1.42 bits per heavy atom. The molecule has 0 aliphatic rings. The number of aromatic hydroxyl groups is 2. The van der Waals surface area contributed by atoms with Gasteiger partial charge in [0.05, 0.1) is 24.6 Å². The number of aromatic nitrogens is 2. The van der Waals surface area contributed by atoms with Crippen LogP contribution in [0.4, 0.5) is 0 Å². The van der Waals surface area contributed by atoms with Crippen molar-refractivity contribution >= 4 is 46.4 Å². The van der Waals surface area contributed by atoms with E-state index >= 15 is 0 Å². The van der Waals surface area contributed by atoms with Crippen molar-refractivity contribution in [1.29, 1.82) is 0 Å². The van der Waals surface area contributed by atoms with Crippen molar-refractivity contribution in [1.82, 2.24) is 9.97 Å². The van der Waals surface area contributed by atoms with Crippen LogP contribution in [0.3, 0.4) is 0 Å². The average Bonchev–Trinajstić information content (AvgIpc) is 2.58. The van der Waals surface area contributed by atoms with Crippen LogP contribution in [-0.4, -0.2) is 30.4 Å².